The van der Waals surface area contributed by atoms with E-state index >= 15 is 0 Å². The molecule has 1 aliphatic rings. The summed E-state index contributed by atoms with van der Waals surface area (Å²) in [5.41, 5.74) is 2.37. The molecule has 2 atom stereocenters. The predicted octanol–water partition coefficient (Wildman–Crippen LogP) is 2.75. The zero-order chi connectivity index (χ0) is 13.1. The molecule has 0 aliphatic carbocycles. The lowest BCUT2D eigenvalue weighted by molar-refractivity contribution is 0.178. The Labute approximate surface area is 114 Å². The second-order valence-electron chi connectivity index (χ2n) is 5.32. The normalized spacial score (nSPS) is 20.8. The molecule has 2 aromatic rings. The maximum Gasteiger partial charge on any atom is 0.0702 e. The van der Waals surface area contributed by atoms with Crippen LogP contribution in [-0.4, -0.2) is 24.2 Å². The summed E-state index contributed by atoms with van der Waals surface area (Å²) in [6.07, 6.45) is 3.01. The van der Waals surface area contributed by atoms with Crippen LogP contribution in [0.4, 0.5) is 0 Å². The van der Waals surface area contributed by atoms with E-state index in [1.165, 1.54) is 17.4 Å². The maximum absolute atomic E-state index is 5.44. The molecule has 2 heterocycles. The Morgan fingerprint density at radius 3 is 3.21 bits per heavy atom. The van der Waals surface area contributed by atoms with Gasteiger partial charge < -0.3 is 10.1 Å². The first kappa shape index (κ1) is 12.6. The molecule has 1 saturated heterocycles. The summed E-state index contributed by atoms with van der Waals surface area (Å²) in [4.78, 5) is 4.34. The molecule has 3 heteroatoms. The summed E-state index contributed by atoms with van der Waals surface area (Å²) in [5.74, 6) is 0.655. The molecule has 1 aliphatic heterocycles. The van der Waals surface area contributed by atoms with Crippen molar-refractivity contribution in [2.75, 3.05) is 13.2 Å². The number of ether oxygens (including phenoxy) is 1. The minimum atomic E-state index is 0.507. The van der Waals surface area contributed by atoms with E-state index < -0.39 is 0 Å². The van der Waals surface area contributed by atoms with Crippen LogP contribution in [0.1, 0.15) is 18.9 Å². The van der Waals surface area contributed by atoms with Crippen LogP contribution in [0.5, 0.6) is 0 Å². The van der Waals surface area contributed by atoms with Crippen LogP contribution in [0.25, 0.3) is 10.9 Å². The van der Waals surface area contributed by atoms with E-state index in [1.807, 2.05) is 12.3 Å². The SMILES string of the molecule is CC(NCc1ccc2ncccc2c1)C1CCOC1. The third-order valence-electron chi connectivity index (χ3n) is 3.97. The van der Waals surface area contributed by atoms with E-state index in [0.29, 0.717) is 12.0 Å². The molecule has 1 aromatic heterocycles. The molecule has 0 radical (unpaired) electrons. The van der Waals surface area contributed by atoms with Gasteiger partial charge in [0.2, 0.25) is 0 Å². The summed E-state index contributed by atoms with van der Waals surface area (Å²) in [5, 5.41) is 4.81. The van der Waals surface area contributed by atoms with Crippen molar-refractivity contribution in [1.29, 1.82) is 0 Å². The molecule has 3 nitrogen and oxygen atoms in total. The van der Waals surface area contributed by atoms with Crippen LogP contribution in [0.2, 0.25) is 0 Å². The van der Waals surface area contributed by atoms with E-state index in [4.69, 9.17) is 4.74 Å². The third-order valence-corrected chi connectivity index (χ3v) is 3.97. The van der Waals surface area contributed by atoms with Gasteiger partial charge in [-0.25, -0.2) is 0 Å². The minimum absolute atomic E-state index is 0.507. The van der Waals surface area contributed by atoms with Crippen molar-refractivity contribution in [2.45, 2.75) is 25.9 Å². The van der Waals surface area contributed by atoms with E-state index in [-0.39, 0.29) is 0 Å². The molecule has 19 heavy (non-hydrogen) atoms. The number of nitrogens with one attached hydrogen (secondary N) is 1. The van der Waals surface area contributed by atoms with E-state index in [2.05, 4.69) is 41.5 Å². The summed E-state index contributed by atoms with van der Waals surface area (Å²) < 4.78 is 5.44. The number of hydrogen-bond donors (Lipinski definition) is 1. The molecule has 100 valence electrons. The van der Waals surface area contributed by atoms with Crippen LogP contribution in [-0.2, 0) is 11.3 Å². The largest absolute Gasteiger partial charge is 0.381 e. The van der Waals surface area contributed by atoms with Crippen molar-refractivity contribution in [3.05, 3.63) is 42.1 Å². The van der Waals surface area contributed by atoms with Crippen molar-refractivity contribution < 1.29 is 4.74 Å². The number of hydrogen-bond acceptors (Lipinski definition) is 3. The van der Waals surface area contributed by atoms with Crippen LogP contribution >= 0.6 is 0 Å². The summed E-state index contributed by atoms with van der Waals surface area (Å²) in [7, 11) is 0. The standard InChI is InChI=1S/C16H20N2O/c1-12(15-6-8-19-11-15)18-10-13-4-5-16-14(9-13)3-2-7-17-16/h2-5,7,9,12,15,18H,6,8,10-11H2,1H3. The van der Waals surface area contributed by atoms with Gasteiger partial charge in [-0.05, 0) is 43.0 Å². The molecule has 0 saturated carbocycles. The van der Waals surface area contributed by atoms with Crippen LogP contribution < -0.4 is 5.32 Å². The average Bonchev–Trinajstić information content (AvgIpc) is 2.99. The minimum Gasteiger partial charge on any atom is -0.381 e. The highest BCUT2D eigenvalue weighted by Crippen LogP contribution is 2.17. The van der Waals surface area contributed by atoms with Gasteiger partial charge in [-0.2, -0.15) is 0 Å². The Bertz CT molecular complexity index is 549. The Kier molecular flexibility index (Phi) is 3.76. The first-order valence-electron chi connectivity index (χ1n) is 6.98. The van der Waals surface area contributed by atoms with Crippen LogP contribution in [0.15, 0.2) is 36.5 Å². The average molecular weight is 256 g/mol. The van der Waals surface area contributed by atoms with Gasteiger partial charge in [0.1, 0.15) is 0 Å². The van der Waals surface area contributed by atoms with E-state index in [9.17, 15) is 0 Å². The molecule has 2 unspecified atom stereocenters. The van der Waals surface area contributed by atoms with Gasteiger partial charge >= 0.3 is 0 Å². The summed E-state index contributed by atoms with van der Waals surface area (Å²) in [6.45, 7) is 4.97. The van der Waals surface area contributed by atoms with Crippen molar-refractivity contribution in [1.82, 2.24) is 10.3 Å². The Balaban J connectivity index is 1.64. The van der Waals surface area contributed by atoms with Crippen molar-refractivity contribution >= 4 is 10.9 Å². The summed E-state index contributed by atoms with van der Waals surface area (Å²) >= 11 is 0. The smallest absolute Gasteiger partial charge is 0.0702 e. The van der Waals surface area contributed by atoms with Crippen LogP contribution in [0, 0.1) is 5.92 Å². The zero-order valence-corrected chi connectivity index (χ0v) is 11.3. The predicted molar refractivity (Wildman–Crippen MR) is 77.0 cm³/mol. The lowest BCUT2D eigenvalue weighted by atomic mass is 10.0. The highest BCUT2D eigenvalue weighted by molar-refractivity contribution is 5.78. The van der Waals surface area contributed by atoms with Crippen molar-refractivity contribution in [2.24, 2.45) is 5.92 Å². The maximum atomic E-state index is 5.44. The fraction of sp³-hybridized carbons (Fsp3) is 0.438. The highest BCUT2D eigenvalue weighted by atomic mass is 16.5. The topological polar surface area (TPSA) is 34.2 Å². The fourth-order valence-corrected chi connectivity index (χ4v) is 2.63. The molecule has 0 amide bonds. The highest BCUT2D eigenvalue weighted by Gasteiger charge is 2.21. The molecular formula is C16H20N2O. The molecule has 0 spiro atoms. The molecule has 0 bridgehead atoms. The third kappa shape index (κ3) is 2.94. The fourth-order valence-electron chi connectivity index (χ4n) is 2.63. The first-order valence-corrected chi connectivity index (χ1v) is 6.98. The van der Waals surface area contributed by atoms with Gasteiger partial charge in [0.25, 0.3) is 0 Å². The molecule has 1 N–H and O–H groups in total. The first-order chi connectivity index (χ1) is 9.33. The molecule has 1 fully saturated rings. The van der Waals surface area contributed by atoms with Crippen molar-refractivity contribution in [3.63, 3.8) is 0 Å². The second-order valence-corrected chi connectivity index (χ2v) is 5.32. The number of aromatic nitrogens is 1. The lowest BCUT2D eigenvalue weighted by Gasteiger charge is -2.19. The lowest BCUT2D eigenvalue weighted by Crippen LogP contribution is -2.33. The molecular weight excluding hydrogens is 236 g/mol. The monoisotopic (exact) mass is 256 g/mol. The van der Waals surface area contributed by atoms with Gasteiger partial charge in [-0.3, -0.25) is 4.98 Å². The Hall–Kier alpha value is -1.45. The van der Waals surface area contributed by atoms with Gasteiger partial charge in [0, 0.05) is 30.8 Å². The Morgan fingerprint density at radius 1 is 1.42 bits per heavy atom. The number of pyridine rings is 1. The second kappa shape index (κ2) is 5.68. The number of benzene rings is 1. The van der Waals surface area contributed by atoms with Gasteiger partial charge in [-0.1, -0.05) is 12.1 Å². The summed E-state index contributed by atoms with van der Waals surface area (Å²) in [6, 6.07) is 11.1. The number of rotatable bonds is 4. The van der Waals surface area contributed by atoms with Gasteiger partial charge in [0.15, 0.2) is 0 Å². The van der Waals surface area contributed by atoms with Gasteiger partial charge in [0.05, 0.1) is 12.1 Å². The zero-order valence-electron chi connectivity index (χ0n) is 11.3. The number of nitrogens with zero attached hydrogens (tertiary/aromatic N) is 1. The number of fused-ring (bicyclic) bond motifs is 1. The molecule has 1 aromatic carbocycles. The quantitative estimate of drug-likeness (QED) is 0.913. The Morgan fingerprint density at radius 2 is 2.37 bits per heavy atom. The van der Waals surface area contributed by atoms with E-state index in [0.717, 1.165) is 25.3 Å². The van der Waals surface area contributed by atoms with E-state index in [1.54, 1.807) is 0 Å². The van der Waals surface area contributed by atoms with Crippen molar-refractivity contribution in [3.8, 4) is 0 Å². The van der Waals surface area contributed by atoms with Gasteiger partial charge in [-0.15, -0.1) is 0 Å². The molecule has 3 rings (SSSR count). The van der Waals surface area contributed by atoms with Crippen LogP contribution in [0.3, 0.4) is 0 Å².